The molecule has 0 fully saturated rings. The molecular weight excluding hydrogens is 274 g/mol. The summed E-state index contributed by atoms with van der Waals surface area (Å²) in [5.74, 6) is 0.576. The average Bonchev–Trinajstić information content (AvgIpc) is 2.61. The zero-order valence-electron chi connectivity index (χ0n) is 11.8. The largest absolute Gasteiger partial charge is 0.488 e. The van der Waals surface area contributed by atoms with Gasteiger partial charge in [-0.05, 0) is 23.3 Å². The van der Waals surface area contributed by atoms with Gasteiger partial charge in [0.2, 0.25) is 0 Å². The Balaban J connectivity index is 1.83. The zero-order valence-corrected chi connectivity index (χ0v) is 11.8. The van der Waals surface area contributed by atoms with Crippen molar-refractivity contribution >= 4 is 0 Å². The Morgan fingerprint density at radius 3 is 2.45 bits per heavy atom. The van der Waals surface area contributed by atoms with Gasteiger partial charge in [-0.2, -0.15) is 5.26 Å². The Hall–Kier alpha value is -3.19. The van der Waals surface area contributed by atoms with Gasteiger partial charge in [-0.15, -0.1) is 0 Å². The number of rotatable bonds is 4. The Bertz CT molecular complexity index is 796. The molecule has 0 N–H and O–H groups in total. The molecule has 0 unspecified atom stereocenters. The summed E-state index contributed by atoms with van der Waals surface area (Å²) in [6.45, 7) is 0.434. The smallest absolute Gasteiger partial charge is 0.137 e. The Kier molecular flexibility index (Phi) is 4.08. The van der Waals surface area contributed by atoms with Gasteiger partial charge in [0.05, 0.1) is 5.56 Å². The molecule has 0 atom stereocenters. The summed E-state index contributed by atoms with van der Waals surface area (Å²) in [7, 11) is 0. The number of hydrogen-bond donors (Lipinski definition) is 0. The first-order valence-electron chi connectivity index (χ1n) is 6.83. The molecular formula is C18H13N3O. The molecule has 0 radical (unpaired) electrons. The summed E-state index contributed by atoms with van der Waals surface area (Å²) in [5.41, 5.74) is 3.32. The minimum absolute atomic E-state index is 0.434. The maximum atomic E-state index is 9.33. The predicted molar refractivity (Wildman–Crippen MR) is 83.0 cm³/mol. The van der Waals surface area contributed by atoms with Gasteiger partial charge >= 0.3 is 0 Å². The first-order chi connectivity index (χ1) is 10.9. The lowest BCUT2D eigenvalue weighted by Crippen LogP contribution is -1.97. The molecule has 4 heteroatoms. The van der Waals surface area contributed by atoms with Crippen molar-refractivity contribution < 1.29 is 4.74 Å². The van der Waals surface area contributed by atoms with Gasteiger partial charge in [-0.3, -0.25) is 0 Å². The fourth-order valence-corrected chi connectivity index (χ4v) is 2.11. The first kappa shape index (κ1) is 13.8. The summed E-state index contributed by atoms with van der Waals surface area (Å²) in [5, 5.41) is 9.33. The Morgan fingerprint density at radius 2 is 1.73 bits per heavy atom. The Labute approximate surface area is 128 Å². The summed E-state index contributed by atoms with van der Waals surface area (Å²) >= 11 is 0. The molecule has 0 aliphatic heterocycles. The minimum atomic E-state index is 0.434. The van der Waals surface area contributed by atoms with E-state index in [4.69, 9.17) is 4.74 Å². The van der Waals surface area contributed by atoms with E-state index in [1.165, 1.54) is 6.33 Å². The van der Waals surface area contributed by atoms with E-state index in [9.17, 15) is 5.26 Å². The van der Waals surface area contributed by atoms with Gasteiger partial charge in [0.15, 0.2) is 0 Å². The standard InChI is InChI=1S/C18H13N3O/c19-9-16-8-15(17-10-20-13-21-11-17)6-7-18(16)22-12-14-4-2-1-3-5-14/h1-8,10-11,13H,12H2. The molecule has 1 heterocycles. The van der Waals surface area contributed by atoms with Crippen molar-refractivity contribution in [3.8, 4) is 22.9 Å². The molecule has 1 aromatic heterocycles. The van der Waals surface area contributed by atoms with Crippen LogP contribution >= 0.6 is 0 Å². The van der Waals surface area contributed by atoms with Gasteiger partial charge in [0.1, 0.15) is 24.8 Å². The van der Waals surface area contributed by atoms with E-state index in [-0.39, 0.29) is 0 Å². The molecule has 2 aromatic carbocycles. The number of aromatic nitrogens is 2. The lowest BCUT2D eigenvalue weighted by molar-refractivity contribution is 0.305. The molecule has 0 spiro atoms. The van der Waals surface area contributed by atoms with Crippen molar-refractivity contribution in [3.05, 3.63) is 78.4 Å². The van der Waals surface area contributed by atoms with Crippen LogP contribution in [-0.2, 0) is 6.61 Å². The van der Waals surface area contributed by atoms with Crippen LogP contribution in [0.2, 0.25) is 0 Å². The molecule has 22 heavy (non-hydrogen) atoms. The lowest BCUT2D eigenvalue weighted by Gasteiger charge is -2.09. The van der Waals surface area contributed by atoms with E-state index >= 15 is 0 Å². The molecule has 0 aliphatic carbocycles. The fourth-order valence-electron chi connectivity index (χ4n) is 2.11. The maximum Gasteiger partial charge on any atom is 0.137 e. The SMILES string of the molecule is N#Cc1cc(-c2cncnc2)ccc1OCc1ccccc1. The van der Waals surface area contributed by atoms with E-state index in [0.29, 0.717) is 17.9 Å². The van der Waals surface area contributed by atoms with E-state index in [1.54, 1.807) is 18.5 Å². The van der Waals surface area contributed by atoms with Crippen LogP contribution in [0.3, 0.4) is 0 Å². The third kappa shape index (κ3) is 3.10. The van der Waals surface area contributed by atoms with Gasteiger partial charge in [-0.1, -0.05) is 36.4 Å². The molecule has 0 aliphatic rings. The molecule has 0 bridgehead atoms. The topological polar surface area (TPSA) is 58.8 Å². The Morgan fingerprint density at radius 1 is 0.955 bits per heavy atom. The van der Waals surface area contributed by atoms with Crippen LogP contribution in [0.5, 0.6) is 5.75 Å². The van der Waals surface area contributed by atoms with E-state index in [2.05, 4.69) is 16.0 Å². The first-order valence-corrected chi connectivity index (χ1v) is 6.83. The van der Waals surface area contributed by atoms with E-state index < -0.39 is 0 Å². The normalized spacial score (nSPS) is 9.95. The lowest BCUT2D eigenvalue weighted by atomic mass is 10.1. The van der Waals surface area contributed by atoms with Gasteiger partial charge in [0.25, 0.3) is 0 Å². The third-order valence-corrected chi connectivity index (χ3v) is 3.23. The second-order valence-electron chi connectivity index (χ2n) is 4.72. The molecule has 4 nitrogen and oxygen atoms in total. The van der Waals surface area contributed by atoms with Crippen LogP contribution in [0.1, 0.15) is 11.1 Å². The second-order valence-corrected chi connectivity index (χ2v) is 4.72. The minimum Gasteiger partial charge on any atom is -0.488 e. The van der Waals surface area contributed by atoms with Crippen molar-refractivity contribution in [2.24, 2.45) is 0 Å². The van der Waals surface area contributed by atoms with Crippen LogP contribution in [0.25, 0.3) is 11.1 Å². The molecule has 3 aromatic rings. The quantitative estimate of drug-likeness (QED) is 0.735. The monoisotopic (exact) mass is 287 g/mol. The number of ether oxygens (including phenoxy) is 1. The van der Waals surface area contributed by atoms with Crippen LogP contribution in [0.15, 0.2) is 67.3 Å². The van der Waals surface area contributed by atoms with Crippen molar-refractivity contribution in [1.82, 2.24) is 9.97 Å². The molecule has 3 rings (SSSR count). The molecule has 106 valence electrons. The summed E-state index contributed by atoms with van der Waals surface area (Å²) < 4.78 is 5.75. The number of benzene rings is 2. The van der Waals surface area contributed by atoms with Crippen LogP contribution in [0.4, 0.5) is 0 Å². The zero-order chi connectivity index (χ0) is 15.2. The van der Waals surface area contributed by atoms with Crippen LogP contribution < -0.4 is 4.74 Å². The highest BCUT2D eigenvalue weighted by molar-refractivity contribution is 5.65. The van der Waals surface area contributed by atoms with Crippen LogP contribution in [-0.4, -0.2) is 9.97 Å². The van der Waals surface area contributed by atoms with Crippen molar-refractivity contribution in [2.45, 2.75) is 6.61 Å². The number of nitriles is 1. The summed E-state index contributed by atoms with van der Waals surface area (Å²) in [4.78, 5) is 7.98. The highest BCUT2D eigenvalue weighted by Gasteiger charge is 2.07. The van der Waals surface area contributed by atoms with Gasteiger partial charge < -0.3 is 4.74 Å². The van der Waals surface area contributed by atoms with E-state index in [0.717, 1.165) is 16.7 Å². The molecule has 0 saturated carbocycles. The third-order valence-electron chi connectivity index (χ3n) is 3.23. The average molecular weight is 287 g/mol. The van der Waals surface area contributed by atoms with Crippen molar-refractivity contribution in [1.29, 1.82) is 5.26 Å². The summed E-state index contributed by atoms with van der Waals surface area (Å²) in [6, 6.07) is 17.5. The van der Waals surface area contributed by atoms with Gasteiger partial charge in [-0.25, -0.2) is 9.97 Å². The number of nitrogens with zero attached hydrogens (tertiary/aromatic N) is 3. The highest BCUT2D eigenvalue weighted by Crippen LogP contribution is 2.26. The summed E-state index contributed by atoms with van der Waals surface area (Å²) in [6.07, 6.45) is 4.91. The predicted octanol–water partition coefficient (Wildman–Crippen LogP) is 3.59. The fraction of sp³-hybridized carbons (Fsp3) is 0.0556. The van der Waals surface area contributed by atoms with Gasteiger partial charge in [0, 0.05) is 18.0 Å². The molecule has 0 amide bonds. The number of hydrogen-bond acceptors (Lipinski definition) is 4. The molecule has 0 saturated heterocycles. The van der Waals surface area contributed by atoms with Crippen molar-refractivity contribution in [2.75, 3.05) is 0 Å². The van der Waals surface area contributed by atoms with Crippen molar-refractivity contribution in [3.63, 3.8) is 0 Å². The highest BCUT2D eigenvalue weighted by atomic mass is 16.5. The second kappa shape index (κ2) is 6.51. The van der Waals surface area contributed by atoms with Crippen LogP contribution in [0, 0.1) is 11.3 Å². The maximum absolute atomic E-state index is 9.33. The van der Waals surface area contributed by atoms with E-state index in [1.807, 2.05) is 42.5 Å².